The lowest BCUT2D eigenvalue weighted by atomic mass is 9.90. The average molecular weight is 365 g/mol. The van der Waals surface area contributed by atoms with Crippen LogP contribution < -0.4 is 0 Å². The van der Waals surface area contributed by atoms with Gasteiger partial charge in [0.1, 0.15) is 0 Å². The second-order valence-corrected chi connectivity index (χ2v) is 7.02. The lowest BCUT2D eigenvalue weighted by molar-refractivity contribution is -0.384. The van der Waals surface area contributed by atoms with Gasteiger partial charge in [0.05, 0.1) is 19.1 Å². The molecule has 0 aromatic heterocycles. The Morgan fingerprint density at radius 1 is 0.769 bits per heavy atom. The smallest absolute Gasteiger partial charge is 0.289 e. The van der Waals surface area contributed by atoms with E-state index in [4.69, 9.17) is 14.2 Å². The zero-order valence-electron chi connectivity index (χ0n) is 17.5. The van der Waals surface area contributed by atoms with Gasteiger partial charge in [-0.1, -0.05) is 89.6 Å². The van der Waals surface area contributed by atoms with Gasteiger partial charge < -0.3 is 14.2 Å². The Morgan fingerprint density at radius 2 is 1.35 bits per heavy atom. The van der Waals surface area contributed by atoms with Crippen molar-refractivity contribution in [3.63, 3.8) is 0 Å². The predicted octanol–water partition coefficient (Wildman–Crippen LogP) is 6.67. The van der Waals surface area contributed by atoms with E-state index in [1.165, 1.54) is 44.1 Å². The molecule has 0 saturated heterocycles. The molecule has 0 aliphatic rings. The highest BCUT2D eigenvalue weighted by atomic mass is 16.9. The van der Waals surface area contributed by atoms with E-state index in [0.717, 1.165) is 19.3 Å². The van der Waals surface area contributed by atoms with E-state index in [1.54, 1.807) is 7.11 Å². The first-order chi connectivity index (χ1) is 12.7. The van der Waals surface area contributed by atoms with E-state index in [2.05, 4.69) is 51.1 Å². The van der Waals surface area contributed by atoms with Crippen LogP contribution >= 0.6 is 0 Å². The van der Waals surface area contributed by atoms with Crippen molar-refractivity contribution in [3.05, 3.63) is 35.9 Å². The van der Waals surface area contributed by atoms with Crippen LogP contribution in [0.5, 0.6) is 0 Å². The van der Waals surface area contributed by atoms with Gasteiger partial charge in [-0.25, -0.2) is 0 Å². The van der Waals surface area contributed by atoms with E-state index >= 15 is 0 Å². The minimum absolute atomic E-state index is 0.0815. The lowest BCUT2D eigenvalue weighted by Gasteiger charge is -2.39. The number of rotatable bonds is 16. The van der Waals surface area contributed by atoms with Crippen LogP contribution in [0.25, 0.3) is 0 Å². The molecule has 0 bridgehead atoms. The van der Waals surface area contributed by atoms with Gasteiger partial charge >= 0.3 is 0 Å². The van der Waals surface area contributed by atoms with Gasteiger partial charge in [0.2, 0.25) is 0 Å². The Balaban J connectivity index is 2.90. The van der Waals surface area contributed by atoms with Crippen molar-refractivity contribution >= 4 is 0 Å². The molecule has 1 rings (SSSR count). The van der Waals surface area contributed by atoms with Crippen molar-refractivity contribution in [1.82, 2.24) is 0 Å². The molecule has 150 valence electrons. The van der Waals surface area contributed by atoms with E-state index in [1.807, 2.05) is 0 Å². The molecule has 0 amide bonds. The summed E-state index contributed by atoms with van der Waals surface area (Å²) in [5.74, 6) is -0.908. The Morgan fingerprint density at radius 3 is 1.88 bits per heavy atom. The van der Waals surface area contributed by atoms with E-state index in [9.17, 15) is 0 Å². The predicted molar refractivity (Wildman–Crippen MR) is 109 cm³/mol. The third-order valence-corrected chi connectivity index (χ3v) is 4.77. The van der Waals surface area contributed by atoms with Crippen molar-refractivity contribution in [2.75, 3.05) is 20.3 Å². The molecule has 3 heteroatoms. The second-order valence-electron chi connectivity index (χ2n) is 7.02. The molecule has 26 heavy (non-hydrogen) atoms. The van der Waals surface area contributed by atoms with Crippen LogP contribution in [0.2, 0.25) is 0 Å². The monoisotopic (exact) mass is 364 g/mol. The third-order valence-electron chi connectivity index (χ3n) is 4.77. The van der Waals surface area contributed by atoms with Crippen LogP contribution in [0.15, 0.2) is 30.3 Å². The summed E-state index contributed by atoms with van der Waals surface area (Å²) in [7, 11) is 1.71. The highest BCUT2D eigenvalue weighted by Gasteiger charge is 2.42. The molecule has 0 aliphatic carbocycles. The number of hydrogen-bond donors (Lipinski definition) is 0. The minimum Gasteiger partial charge on any atom is -0.330 e. The van der Waals surface area contributed by atoms with Crippen molar-refractivity contribution in [1.29, 1.82) is 0 Å². The summed E-state index contributed by atoms with van der Waals surface area (Å²) in [6.45, 7) is 7.76. The molecule has 1 atom stereocenters. The average Bonchev–Trinajstić information content (AvgIpc) is 2.69. The molecule has 0 N–H and O–H groups in total. The van der Waals surface area contributed by atoms with Crippen LogP contribution in [0, 0.1) is 0 Å². The summed E-state index contributed by atoms with van der Waals surface area (Å²) in [6.07, 6.45) is 10.6. The van der Waals surface area contributed by atoms with E-state index < -0.39 is 5.97 Å². The zero-order valence-corrected chi connectivity index (χ0v) is 17.5. The largest absolute Gasteiger partial charge is 0.330 e. The van der Waals surface area contributed by atoms with Gasteiger partial charge in [-0.15, -0.1) is 0 Å². The molecule has 0 fully saturated rings. The summed E-state index contributed by atoms with van der Waals surface area (Å²) < 4.78 is 18.3. The molecule has 0 spiro atoms. The fraction of sp³-hybridized carbons (Fsp3) is 0.739. The van der Waals surface area contributed by atoms with Gasteiger partial charge in [-0.05, 0) is 24.8 Å². The Bertz CT molecular complexity index is 424. The molecule has 1 unspecified atom stereocenters. The Kier molecular flexibility index (Phi) is 12.6. The number of unbranched alkanes of at least 4 members (excludes halogenated alkanes) is 5. The third kappa shape index (κ3) is 7.77. The van der Waals surface area contributed by atoms with Gasteiger partial charge in [-0.3, -0.25) is 0 Å². The standard InChI is InChI=1S/C23H40O3/c1-5-8-9-10-11-15-18-22(21-16-13-12-14-17-21)23(24-4,25-19-6-2)26-20-7-3/h12-14,16-17,22H,5-11,15,18-20H2,1-4H3. The molecule has 0 radical (unpaired) electrons. The SMILES string of the molecule is CCCCCCCCC(c1ccccc1)C(OC)(OCCC)OCCC. The topological polar surface area (TPSA) is 27.7 Å². The number of hydrogen-bond acceptors (Lipinski definition) is 3. The fourth-order valence-corrected chi connectivity index (χ4v) is 3.35. The quantitative estimate of drug-likeness (QED) is 0.242. The number of methoxy groups -OCH3 is 1. The first-order valence-electron chi connectivity index (χ1n) is 10.6. The lowest BCUT2D eigenvalue weighted by Crippen LogP contribution is -2.45. The number of benzene rings is 1. The van der Waals surface area contributed by atoms with Crippen LogP contribution in [0.4, 0.5) is 0 Å². The summed E-state index contributed by atoms with van der Waals surface area (Å²) >= 11 is 0. The van der Waals surface area contributed by atoms with Gasteiger partial charge in [0.25, 0.3) is 5.97 Å². The Hall–Kier alpha value is -0.900. The van der Waals surface area contributed by atoms with Gasteiger partial charge in [0, 0.05) is 7.11 Å². The minimum atomic E-state index is -0.989. The second kappa shape index (κ2) is 14.2. The van der Waals surface area contributed by atoms with Crippen molar-refractivity contribution in [2.45, 2.75) is 90.4 Å². The first-order valence-corrected chi connectivity index (χ1v) is 10.6. The molecule has 0 aliphatic heterocycles. The number of ether oxygens (including phenoxy) is 3. The van der Waals surface area contributed by atoms with Crippen molar-refractivity contribution in [3.8, 4) is 0 Å². The fourth-order valence-electron chi connectivity index (χ4n) is 3.35. The molecule has 3 nitrogen and oxygen atoms in total. The van der Waals surface area contributed by atoms with Crippen LogP contribution in [0.1, 0.15) is 90.0 Å². The summed E-state index contributed by atoms with van der Waals surface area (Å²) in [5, 5.41) is 0. The maximum atomic E-state index is 6.20. The molecular formula is C23H40O3. The summed E-state index contributed by atoms with van der Waals surface area (Å²) in [4.78, 5) is 0. The van der Waals surface area contributed by atoms with Gasteiger partial charge in [0.15, 0.2) is 0 Å². The van der Waals surface area contributed by atoms with Crippen LogP contribution in [-0.2, 0) is 14.2 Å². The Labute approximate surface area is 161 Å². The van der Waals surface area contributed by atoms with E-state index in [-0.39, 0.29) is 5.92 Å². The zero-order chi connectivity index (χ0) is 19.1. The van der Waals surface area contributed by atoms with Crippen LogP contribution in [-0.4, -0.2) is 26.3 Å². The van der Waals surface area contributed by atoms with E-state index in [0.29, 0.717) is 13.2 Å². The summed E-state index contributed by atoms with van der Waals surface area (Å²) in [6, 6.07) is 10.6. The normalized spacial score (nSPS) is 13.1. The van der Waals surface area contributed by atoms with Gasteiger partial charge in [-0.2, -0.15) is 0 Å². The molecule has 1 aromatic rings. The molecule has 0 heterocycles. The molecule has 1 aromatic carbocycles. The van der Waals surface area contributed by atoms with Crippen molar-refractivity contribution in [2.24, 2.45) is 0 Å². The molecular weight excluding hydrogens is 324 g/mol. The maximum absolute atomic E-state index is 6.20. The highest BCUT2D eigenvalue weighted by molar-refractivity contribution is 5.21. The van der Waals surface area contributed by atoms with Crippen LogP contribution in [0.3, 0.4) is 0 Å². The maximum Gasteiger partial charge on any atom is 0.289 e. The summed E-state index contributed by atoms with van der Waals surface area (Å²) in [5.41, 5.74) is 1.23. The van der Waals surface area contributed by atoms with Crippen molar-refractivity contribution < 1.29 is 14.2 Å². The first kappa shape index (κ1) is 23.1. The molecule has 0 saturated carbocycles. The highest BCUT2D eigenvalue weighted by Crippen LogP contribution is 2.38.